The quantitative estimate of drug-likeness (QED) is 0.514. The van der Waals surface area contributed by atoms with Gasteiger partial charge in [-0.05, 0) is 48.7 Å². The molecule has 2 heterocycles. The van der Waals surface area contributed by atoms with Crippen LogP contribution in [-0.2, 0) is 11.3 Å². The third-order valence-corrected chi connectivity index (χ3v) is 5.64. The fourth-order valence-corrected chi connectivity index (χ4v) is 3.56. The number of thioether (sulfide) groups is 1. The van der Waals surface area contributed by atoms with Gasteiger partial charge in [0.2, 0.25) is 5.91 Å². The zero-order valence-corrected chi connectivity index (χ0v) is 17.8. The molecule has 0 aliphatic rings. The number of nitrogens with one attached hydrogen (secondary N) is 1. The van der Waals surface area contributed by atoms with Crippen molar-refractivity contribution in [1.29, 1.82) is 0 Å². The summed E-state index contributed by atoms with van der Waals surface area (Å²) in [4.78, 5) is 12.3. The highest BCUT2D eigenvalue weighted by Gasteiger charge is 2.18. The van der Waals surface area contributed by atoms with Gasteiger partial charge in [0.15, 0.2) is 16.7 Å². The van der Waals surface area contributed by atoms with E-state index in [1.54, 1.807) is 6.26 Å². The van der Waals surface area contributed by atoms with E-state index in [0.29, 0.717) is 22.7 Å². The van der Waals surface area contributed by atoms with Crippen LogP contribution in [0.25, 0.3) is 11.6 Å². The first-order valence-corrected chi connectivity index (χ1v) is 10.4. The number of rotatable bonds is 7. The summed E-state index contributed by atoms with van der Waals surface area (Å²) in [6.45, 7) is 6.99. The van der Waals surface area contributed by atoms with Crippen LogP contribution < -0.4 is 5.32 Å². The second kappa shape index (κ2) is 8.75. The number of hydrogen-bond acceptors (Lipinski definition) is 5. The van der Waals surface area contributed by atoms with Crippen molar-refractivity contribution in [1.82, 2.24) is 14.8 Å². The van der Waals surface area contributed by atoms with Crippen molar-refractivity contribution in [3.8, 4) is 11.6 Å². The predicted molar refractivity (Wildman–Crippen MR) is 111 cm³/mol. The summed E-state index contributed by atoms with van der Waals surface area (Å²) >= 11 is 4.83. The van der Waals surface area contributed by atoms with Crippen molar-refractivity contribution in [2.75, 3.05) is 11.1 Å². The maximum atomic E-state index is 12.3. The van der Waals surface area contributed by atoms with Crippen LogP contribution in [0.2, 0.25) is 0 Å². The molecule has 0 bridgehead atoms. The maximum Gasteiger partial charge on any atom is 0.234 e. The second-order valence-corrected chi connectivity index (χ2v) is 8.39. The van der Waals surface area contributed by atoms with E-state index in [0.717, 1.165) is 22.3 Å². The number of amides is 1. The molecular weight excluding hydrogens is 428 g/mol. The Morgan fingerprint density at radius 2 is 2.15 bits per heavy atom. The van der Waals surface area contributed by atoms with E-state index in [-0.39, 0.29) is 11.7 Å². The Morgan fingerprint density at radius 3 is 2.81 bits per heavy atom. The fourth-order valence-electron chi connectivity index (χ4n) is 2.56. The van der Waals surface area contributed by atoms with Gasteiger partial charge in [-0.1, -0.05) is 41.5 Å². The SMILES string of the molecule is Cc1cc(NC(=O)CSc2nnc(-c3ccco3)n2CC(C)C)ccc1Br. The van der Waals surface area contributed by atoms with Crippen molar-refractivity contribution in [2.24, 2.45) is 5.92 Å². The molecule has 0 aliphatic carbocycles. The summed E-state index contributed by atoms with van der Waals surface area (Å²) in [5, 5.41) is 12.1. The lowest BCUT2D eigenvalue weighted by Crippen LogP contribution is -2.15. The van der Waals surface area contributed by atoms with Crippen molar-refractivity contribution in [3.05, 3.63) is 46.6 Å². The molecule has 0 fully saturated rings. The van der Waals surface area contributed by atoms with E-state index in [4.69, 9.17) is 4.42 Å². The summed E-state index contributed by atoms with van der Waals surface area (Å²) in [5.74, 6) is 1.93. The van der Waals surface area contributed by atoms with Crippen LogP contribution in [0.5, 0.6) is 0 Å². The van der Waals surface area contributed by atoms with E-state index < -0.39 is 0 Å². The molecule has 3 rings (SSSR count). The smallest absolute Gasteiger partial charge is 0.234 e. The van der Waals surface area contributed by atoms with Crippen LogP contribution in [0.3, 0.4) is 0 Å². The Balaban J connectivity index is 1.69. The van der Waals surface area contributed by atoms with Crippen molar-refractivity contribution >= 4 is 39.3 Å². The fraction of sp³-hybridized carbons (Fsp3) is 0.316. The van der Waals surface area contributed by atoms with Crippen LogP contribution in [0.4, 0.5) is 5.69 Å². The Morgan fingerprint density at radius 1 is 1.33 bits per heavy atom. The molecule has 0 saturated carbocycles. The zero-order valence-electron chi connectivity index (χ0n) is 15.4. The van der Waals surface area contributed by atoms with Crippen LogP contribution >= 0.6 is 27.7 Å². The average molecular weight is 449 g/mol. The predicted octanol–water partition coefficient (Wildman–Crippen LogP) is 5.00. The minimum absolute atomic E-state index is 0.0830. The number of hydrogen-bond donors (Lipinski definition) is 1. The first kappa shape index (κ1) is 19.7. The van der Waals surface area contributed by atoms with Crippen LogP contribution in [0.1, 0.15) is 19.4 Å². The van der Waals surface area contributed by atoms with Crippen LogP contribution in [0, 0.1) is 12.8 Å². The number of nitrogens with zero attached hydrogens (tertiary/aromatic N) is 3. The third kappa shape index (κ3) is 5.01. The van der Waals surface area contributed by atoms with Gasteiger partial charge in [0, 0.05) is 16.7 Å². The first-order valence-electron chi connectivity index (χ1n) is 8.60. The van der Waals surface area contributed by atoms with Gasteiger partial charge in [0.25, 0.3) is 0 Å². The second-order valence-electron chi connectivity index (χ2n) is 6.59. The van der Waals surface area contributed by atoms with Crippen molar-refractivity contribution in [3.63, 3.8) is 0 Å². The number of anilines is 1. The Labute approximate surface area is 170 Å². The molecule has 0 saturated heterocycles. The number of furan rings is 1. The zero-order chi connectivity index (χ0) is 19.4. The van der Waals surface area contributed by atoms with Gasteiger partial charge >= 0.3 is 0 Å². The lowest BCUT2D eigenvalue weighted by atomic mass is 10.2. The number of benzene rings is 1. The summed E-state index contributed by atoms with van der Waals surface area (Å²) in [7, 11) is 0. The highest BCUT2D eigenvalue weighted by atomic mass is 79.9. The molecule has 0 aliphatic heterocycles. The number of carbonyl (C=O) groups is 1. The summed E-state index contributed by atoms with van der Waals surface area (Å²) < 4.78 is 8.49. The Kier molecular flexibility index (Phi) is 6.38. The topological polar surface area (TPSA) is 73.0 Å². The number of aromatic nitrogens is 3. The average Bonchev–Trinajstić information content (AvgIpc) is 3.26. The molecule has 0 unspecified atom stereocenters. The van der Waals surface area contributed by atoms with Crippen LogP contribution in [0.15, 0.2) is 50.6 Å². The molecule has 8 heteroatoms. The summed E-state index contributed by atoms with van der Waals surface area (Å²) in [6, 6.07) is 9.41. The number of carbonyl (C=O) groups excluding carboxylic acids is 1. The molecule has 2 aromatic heterocycles. The number of aryl methyl sites for hydroxylation is 1. The molecule has 6 nitrogen and oxygen atoms in total. The third-order valence-electron chi connectivity index (χ3n) is 3.78. The lowest BCUT2D eigenvalue weighted by Gasteiger charge is -2.11. The largest absolute Gasteiger partial charge is 0.461 e. The molecule has 1 aromatic carbocycles. The molecule has 1 N–H and O–H groups in total. The minimum atomic E-state index is -0.0830. The molecule has 0 radical (unpaired) electrons. The highest BCUT2D eigenvalue weighted by Crippen LogP contribution is 2.26. The van der Waals surface area contributed by atoms with E-state index in [1.807, 2.05) is 41.8 Å². The molecule has 3 aromatic rings. The van der Waals surface area contributed by atoms with E-state index >= 15 is 0 Å². The highest BCUT2D eigenvalue weighted by molar-refractivity contribution is 9.10. The molecule has 1 amide bonds. The van der Waals surface area contributed by atoms with E-state index in [1.165, 1.54) is 11.8 Å². The van der Waals surface area contributed by atoms with Gasteiger partial charge in [-0.25, -0.2) is 0 Å². The van der Waals surface area contributed by atoms with E-state index in [2.05, 4.69) is 45.3 Å². The molecule has 142 valence electrons. The van der Waals surface area contributed by atoms with Gasteiger partial charge in [-0.2, -0.15) is 0 Å². The minimum Gasteiger partial charge on any atom is -0.461 e. The van der Waals surface area contributed by atoms with Gasteiger partial charge < -0.3 is 9.73 Å². The monoisotopic (exact) mass is 448 g/mol. The maximum absolute atomic E-state index is 12.3. The summed E-state index contributed by atoms with van der Waals surface area (Å²) in [5.41, 5.74) is 1.85. The van der Waals surface area contributed by atoms with Gasteiger partial charge in [-0.15, -0.1) is 10.2 Å². The normalized spacial score (nSPS) is 11.1. The molecule has 0 atom stereocenters. The van der Waals surface area contributed by atoms with Crippen molar-refractivity contribution in [2.45, 2.75) is 32.5 Å². The summed E-state index contributed by atoms with van der Waals surface area (Å²) in [6.07, 6.45) is 1.62. The molecule has 27 heavy (non-hydrogen) atoms. The van der Waals surface area contributed by atoms with Crippen molar-refractivity contribution < 1.29 is 9.21 Å². The molecular formula is C19H21BrN4O2S. The van der Waals surface area contributed by atoms with Gasteiger partial charge in [-0.3, -0.25) is 9.36 Å². The lowest BCUT2D eigenvalue weighted by molar-refractivity contribution is -0.113. The van der Waals surface area contributed by atoms with Gasteiger partial charge in [0.1, 0.15) is 0 Å². The van der Waals surface area contributed by atoms with Crippen LogP contribution in [-0.4, -0.2) is 26.4 Å². The standard InChI is InChI=1S/C19H21BrN4O2S/c1-12(2)10-24-18(16-5-4-8-26-16)22-23-19(24)27-11-17(25)21-14-6-7-15(20)13(3)9-14/h4-9,12H,10-11H2,1-3H3,(H,21,25). The first-order chi connectivity index (χ1) is 12.9. The Bertz CT molecular complexity index is 922. The van der Waals surface area contributed by atoms with Gasteiger partial charge in [0.05, 0.1) is 12.0 Å². The number of halogens is 1. The van der Waals surface area contributed by atoms with E-state index in [9.17, 15) is 4.79 Å². The molecule has 0 spiro atoms. The Hall–Kier alpha value is -2.06.